The second-order valence-corrected chi connectivity index (χ2v) is 6.99. The second kappa shape index (κ2) is 8.64. The Hall–Kier alpha value is -3.60. The van der Waals surface area contributed by atoms with E-state index < -0.39 is 41.6 Å². The molecule has 0 bridgehead atoms. The molecular weight excluding hydrogens is 447 g/mol. The number of carbonyl (C=O) groups excluding carboxylic acids is 1. The summed E-state index contributed by atoms with van der Waals surface area (Å²) < 4.78 is 68.5. The summed E-state index contributed by atoms with van der Waals surface area (Å²) in [5.41, 5.74) is -1.27. The quantitative estimate of drug-likeness (QED) is 0.562. The highest BCUT2D eigenvalue weighted by atomic mass is 32.1. The largest absolute Gasteiger partial charge is 0.573 e. The van der Waals surface area contributed by atoms with Crippen LogP contribution in [0.3, 0.4) is 0 Å². The molecule has 14 heteroatoms. The molecule has 162 valence electrons. The van der Waals surface area contributed by atoms with E-state index in [1.807, 2.05) is 6.07 Å². The summed E-state index contributed by atoms with van der Waals surface area (Å²) >= 11 is 1.02. The minimum absolute atomic E-state index is 0.198. The Bertz CT molecular complexity index is 1140. The number of nitrogens with zero attached hydrogens (tertiary/aromatic N) is 5. The van der Waals surface area contributed by atoms with E-state index in [-0.39, 0.29) is 5.82 Å². The van der Waals surface area contributed by atoms with Crippen LogP contribution in [0, 0.1) is 11.3 Å². The molecule has 1 amide bonds. The molecule has 0 aliphatic rings. The van der Waals surface area contributed by atoms with Crippen LogP contribution in [0.4, 0.5) is 22.0 Å². The molecule has 2 aromatic heterocycles. The maximum atomic E-state index is 13.1. The minimum atomic E-state index is -5.12. The van der Waals surface area contributed by atoms with E-state index in [1.165, 1.54) is 24.1 Å². The van der Waals surface area contributed by atoms with Gasteiger partial charge in [-0.25, -0.2) is 18.7 Å². The first-order valence-corrected chi connectivity index (χ1v) is 9.15. The fourth-order valence-corrected chi connectivity index (χ4v) is 3.20. The first-order valence-electron chi connectivity index (χ1n) is 8.33. The van der Waals surface area contributed by atoms with Crippen molar-refractivity contribution in [2.24, 2.45) is 0 Å². The average Bonchev–Trinajstić information content (AvgIpc) is 3.35. The highest BCUT2D eigenvalue weighted by molar-refractivity contribution is 7.14. The van der Waals surface area contributed by atoms with Gasteiger partial charge in [-0.1, -0.05) is 11.3 Å². The molecule has 0 spiro atoms. The van der Waals surface area contributed by atoms with Gasteiger partial charge in [-0.2, -0.15) is 15.0 Å². The summed E-state index contributed by atoms with van der Waals surface area (Å²) in [5, 5.41) is 15.6. The summed E-state index contributed by atoms with van der Waals surface area (Å²) in [6, 6.07) is 3.05. The monoisotopic (exact) mass is 458 g/mol. The summed E-state index contributed by atoms with van der Waals surface area (Å²) in [6.45, 7) is 1.50. The maximum absolute atomic E-state index is 13.1. The van der Waals surface area contributed by atoms with Gasteiger partial charge in [0.2, 0.25) is 5.13 Å². The lowest BCUT2D eigenvalue weighted by molar-refractivity contribution is -0.274. The number of thiazole rings is 1. The number of amides is 1. The number of nitrogens with one attached hydrogen (secondary N) is 1. The Morgan fingerprint density at radius 1 is 1.29 bits per heavy atom. The Labute approximate surface area is 174 Å². The van der Waals surface area contributed by atoms with Crippen LogP contribution in [0.25, 0.3) is 5.13 Å². The molecule has 3 aromatic rings. The van der Waals surface area contributed by atoms with Gasteiger partial charge >= 0.3 is 6.36 Å². The second-order valence-electron chi connectivity index (χ2n) is 5.98. The lowest BCUT2D eigenvalue weighted by Crippen LogP contribution is -2.29. The van der Waals surface area contributed by atoms with Crippen molar-refractivity contribution in [3.63, 3.8) is 0 Å². The van der Waals surface area contributed by atoms with Crippen LogP contribution in [0.2, 0.25) is 0 Å². The van der Waals surface area contributed by atoms with Crippen molar-refractivity contribution in [3.05, 3.63) is 52.6 Å². The van der Waals surface area contributed by atoms with Crippen LogP contribution in [0.5, 0.6) is 5.75 Å². The van der Waals surface area contributed by atoms with Gasteiger partial charge in [0.15, 0.2) is 5.82 Å². The number of hydrogen-bond acceptors (Lipinski definition) is 7. The number of alkyl halides is 5. The predicted molar refractivity (Wildman–Crippen MR) is 95.7 cm³/mol. The van der Waals surface area contributed by atoms with Gasteiger partial charge < -0.3 is 10.1 Å². The van der Waals surface area contributed by atoms with E-state index in [4.69, 9.17) is 5.26 Å². The molecule has 1 N–H and O–H groups in total. The molecule has 1 atom stereocenters. The molecule has 31 heavy (non-hydrogen) atoms. The molecule has 0 saturated heterocycles. The Morgan fingerprint density at radius 2 is 2.03 bits per heavy atom. The van der Waals surface area contributed by atoms with Crippen molar-refractivity contribution in [1.82, 2.24) is 25.1 Å². The van der Waals surface area contributed by atoms with Crippen molar-refractivity contribution in [1.29, 1.82) is 5.26 Å². The molecular formula is C17H11F5N6O2S. The average molecular weight is 458 g/mol. The smallest absolute Gasteiger partial charge is 0.406 e. The van der Waals surface area contributed by atoms with Crippen LogP contribution in [0.1, 0.15) is 46.0 Å². The molecule has 0 radical (unpaired) electrons. The number of ether oxygens (including phenoxy) is 1. The van der Waals surface area contributed by atoms with Crippen molar-refractivity contribution in [2.45, 2.75) is 25.8 Å². The van der Waals surface area contributed by atoms with Gasteiger partial charge in [-0.15, -0.1) is 13.2 Å². The molecule has 3 rings (SSSR count). The summed E-state index contributed by atoms with van der Waals surface area (Å²) in [5.74, 6) is -1.68. The number of nitriles is 1. The van der Waals surface area contributed by atoms with Crippen molar-refractivity contribution in [3.8, 4) is 17.0 Å². The number of benzene rings is 1. The molecule has 8 nitrogen and oxygen atoms in total. The van der Waals surface area contributed by atoms with E-state index in [9.17, 15) is 26.7 Å². The van der Waals surface area contributed by atoms with Gasteiger partial charge in [0.1, 0.15) is 23.0 Å². The molecule has 0 aliphatic heterocycles. The first kappa shape index (κ1) is 22.1. The third kappa shape index (κ3) is 5.31. The normalized spacial score (nSPS) is 12.5. The first-order chi connectivity index (χ1) is 14.6. The van der Waals surface area contributed by atoms with Crippen molar-refractivity contribution in [2.75, 3.05) is 0 Å². The topological polar surface area (TPSA) is 106 Å². The summed E-state index contributed by atoms with van der Waals surface area (Å²) in [7, 11) is 0. The fourth-order valence-electron chi connectivity index (χ4n) is 2.52. The van der Waals surface area contributed by atoms with Crippen LogP contribution in [-0.2, 0) is 0 Å². The van der Waals surface area contributed by atoms with Crippen LogP contribution >= 0.6 is 11.3 Å². The number of hydrogen-bond donors (Lipinski definition) is 1. The van der Waals surface area contributed by atoms with Gasteiger partial charge in [-0.3, -0.25) is 4.79 Å². The zero-order valence-corrected chi connectivity index (χ0v) is 16.2. The lowest BCUT2D eigenvalue weighted by atomic mass is 10.1. The minimum Gasteiger partial charge on any atom is -0.406 e. The van der Waals surface area contributed by atoms with Gasteiger partial charge in [0.25, 0.3) is 12.3 Å². The van der Waals surface area contributed by atoms with Gasteiger partial charge in [0.05, 0.1) is 12.2 Å². The van der Waals surface area contributed by atoms with E-state index in [2.05, 4.69) is 25.1 Å². The molecule has 1 aromatic carbocycles. The fraction of sp³-hybridized carbons (Fsp3) is 0.235. The van der Waals surface area contributed by atoms with E-state index in [0.717, 1.165) is 17.4 Å². The zero-order valence-electron chi connectivity index (χ0n) is 15.4. The highest BCUT2D eigenvalue weighted by Gasteiger charge is 2.32. The lowest BCUT2D eigenvalue weighted by Gasteiger charge is -2.15. The number of halogens is 5. The molecule has 2 heterocycles. The van der Waals surface area contributed by atoms with Crippen LogP contribution in [-0.4, -0.2) is 32.0 Å². The number of rotatable bonds is 6. The SMILES string of the molecule is CC(NC(=O)c1cc(OC(F)(F)F)cc(C(F)F)c1)c1ncnn1-c1ncc(C#N)s1. The number of carbonyl (C=O) groups is 1. The molecule has 0 fully saturated rings. The summed E-state index contributed by atoms with van der Waals surface area (Å²) in [6.07, 6.45) is -5.73. The third-order valence-corrected chi connectivity index (χ3v) is 4.65. The van der Waals surface area contributed by atoms with E-state index in [1.54, 1.807) is 0 Å². The Kier molecular flexibility index (Phi) is 6.16. The third-order valence-electron chi connectivity index (χ3n) is 3.77. The van der Waals surface area contributed by atoms with Crippen LogP contribution < -0.4 is 10.1 Å². The zero-order chi connectivity index (χ0) is 22.8. The van der Waals surface area contributed by atoms with Crippen LogP contribution in [0.15, 0.2) is 30.7 Å². The maximum Gasteiger partial charge on any atom is 0.573 e. The van der Waals surface area contributed by atoms with Crippen molar-refractivity contribution >= 4 is 17.2 Å². The van der Waals surface area contributed by atoms with Gasteiger partial charge in [-0.05, 0) is 25.1 Å². The molecule has 0 aliphatic carbocycles. The van der Waals surface area contributed by atoms with Crippen molar-refractivity contribution < 1.29 is 31.5 Å². The highest BCUT2D eigenvalue weighted by Crippen LogP contribution is 2.29. The molecule has 1 unspecified atom stereocenters. The summed E-state index contributed by atoms with van der Waals surface area (Å²) in [4.78, 5) is 20.9. The predicted octanol–water partition coefficient (Wildman–Crippen LogP) is 3.92. The van der Waals surface area contributed by atoms with Gasteiger partial charge in [0, 0.05) is 11.1 Å². The Balaban J connectivity index is 1.85. The van der Waals surface area contributed by atoms with E-state index >= 15 is 0 Å². The van der Waals surface area contributed by atoms with E-state index in [0.29, 0.717) is 22.1 Å². The standard InChI is InChI=1S/C17H11F5N6O2S/c1-8(14-25-7-26-28(14)16-24-6-12(5-23)31-16)27-15(29)10-2-9(13(18)19)3-11(4-10)30-17(20,21)22/h2-4,6-8,13H,1H3,(H,27,29). The number of aromatic nitrogens is 4. The molecule has 0 saturated carbocycles. The Morgan fingerprint density at radius 3 is 2.65 bits per heavy atom.